The number of halogens is 3. The van der Waals surface area contributed by atoms with Crippen LogP contribution in [0.3, 0.4) is 0 Å². The summed E-state index contributed by atoms with van der Waals surface area (Å²) in [5, 5.41) is 0. The molecular formula is C16H14F3NO4S. The van der Waals surface area contributed by atoms with E-state index >= 15 is 0 Å². The highest BCUT2D eigenvalue weighted by atomic mass is 32.2. The Hall–Kier alpha value is -2.55. The molecule has 0 spiro atoms. The van der Waals surface area contributed by atoms with Crippen molar-refractivity contribution in [1.82, 2.24) is 0 Å². The lowest BCUT2D eigenvalue weighted by molar-refractivity contribution is -0.137. The SMILES string of the molecule is COC(=O)c1cccc(S(=O)(=O)Nc2cccc(C(F)(F)F)c2)c1C. The molecule has 0 fully saturated rings. The quantitative estimate of drug-likeness (QED) is 0.831. The van der Waals surface area contributed by atoms with Crippen LogP contribution in [0.25, 0.3) is 0 Å². The molecule has 2 rings (SSSR count). The standard InChI is InChI=1S/C16H14F3NO4S/c1-10-13(15(21)24-2)7-4-8-14(10)25(22,23)20-12-6-3-5-11(9-12)16(17,18)19/h3-9,20H,1-2H3. The number of sulfonamides is 1. The minimum Gasteiger partial charge on any atom is -0.465 e. The molecule has 0 aliphatic rings. The number of carbonyl (C=O) groups excluding carboxylic acids is 1. The van der Waals surface area contributed by atoms with Gasteiger partial charge in [0.25, 0.3) is 10.0 Å². The summed E-state index contributed by atoms with van der Waals surface area (Å²) in [6, 6.07) is 7.81. The molecule has 0 bridgehead atoms. The molecule has 2 aromatic rings. The highest BCUT2D eigenvalue weighted by Gasteiger charge is 2.31. The molecule has 0 heterocycles. The van der Waals surface area contributed by atoms with Gasteiger partial charge >= 0.3 is 12.1 Å². The maximum atomic E-state index is 12.7. The Morgan fingerprint density at radius 1 is 1.12 bits per heavy atom. The van der Waals surface area contributed by atoms with Gasteiger partial charge in [-0.15, -0.1) is 0 Å². The van der Waals surface area contributed by atoms with Crippen LogP contribution in [-0.4, -0.2) is 21.5 Å². The van der Waals surface area contributed by atoms with Crippen LogP contribution in [0.1, 0.15) is 21.5 Å². The third-order valence-electron chi connectivity index (χ3n) is 3.42. The summed E-state index contributed by atoms with van der Waals surface area (Å²) < 4.78 is 69.9. The van der Waals surface area contributed by atoms with E-state index in [-0.39, 0.29) is 21.7 Å². The number of hydrogen-bond acceptors (Lipinski definition) is 4. The second kappa shape index (κ2) is 6.75. The van der Waals surface area contributed by atoms with Gasteiger partial charge in [0.05, 0.1) is 23.1 Å². The first-order valence-electron chi connectivity index (χ1n) is 6.94. The van der Waals surface area contributed by atoms with Crippen molar-refractivity contribution in [2.45, 2.75) is 18.0 Å². The van der Waals surface area contributed by atoms with Crippen LogP contribution in [0.4, 0.5) is 18.9 Å². The van der Waals surface area contributed by atoms with E-state index < -0.39 is 27.7 Å². The van der Waals surface area contributed by atoms with E-state index in [1.807, 2.05) is 0 Å². The third-order valence-corrected chi connectivity index (χ3v) is 4.95. The molecule has 0 unspecified atom stereocenters. The van der Waals surface area contributed by atoms with Crippen LogP contribution >= 0.6 is 0 Å². The number of anilines is 1. The molecule has 0 aromatic heterocycles. The highest BCUT2D eigenvalue weighted by molar-refractivity contribution is 7.92. The van der Waals surface area contributed by atoms with Gasteiger partial charge in [-0.25, -0.2) is 13.2 Å². The van der Waals surface area contributed by atoms with Crippen molar-refractivity contribution in [3.63, 3.8) is 0 Å². The van der Waals surface area contributed by atoms with Gasteiger partial charge in [0.2, 0.25) is 0 Å². The summed E-state index contributed by atoms with van der Waals surface area (Å²) in [4.78, 5) is 11.4. The van der Waals surface area contributed by atoms with Crippen molar-refractivity contribution in [2.24, 2.45) is 0 Å². The molecule has 1 N–H and O–H groups in total. The molecule has 0 atom stereocenters. The number of benzene rings is 2. The summed E-state index contributed by atoms with van der Waals surface area (Å²) in [5.41, 5.74) is -1.03. The monoisotopic (exact) mass is 373 g/mol. The summed E-state index contributed by atoms with van der Waals surface area (Å²) in [6.07, 6.45) is -4.60. The van der Waals surface area contributed by atoms with Crippen molar-refractivity contribution < 1.29 is 31.1 Å². The molecule has 5 nitrogen and oxygen atoms in total. The zero-order valence-corrected chi connectivity index (χ0v) is 14.0. The zero-order valence-electron chi connectivity index (χ0n) is 13.2. The molecule has 134 valence electrons. The zero-order chi connectivity index (χ0) is 18.8. The number of rotatable bonds is 4. The van der Waals surface area contributed by atoms with Gasteiger partial charge < -0.3 is 4.74 Å². The molecule has 9 heteroatoms. The van der Waals surface area contributed by atoms with E-state index in [2.05, 4.69) is 9.46 Å². The molecule has 0 amide bonds. The van der Waals surface area contributed by atoms with E-state index in [1.54, 1.807) is 0 Å². The number of ether oxygens (including phenoxy) is 1. The summed E-state index contributed by atoms with van der Waals surface area (Å²) in [6.45, 7) is 1.41. The van der Waals surface area contributed by atoms with Gasteiger partial charge in [-0.2, -0.15) is 13.2 Å². The van der Waals surface area contributed by atoms with Crippen molar-refractivity contribution in [3.8, 4) is 0 Å². The van der Waals surface area contributed by atoms with Crippen LogP contribution in [0.5, 0.6) is 0 Å². The average molecular weight is 373 g/mol. The maximum Gasteiger partial charge on any atom is 0.416 e. The minimum atomic E-state index is -4.60. The van der Waals surface area contributed by atoms with E-state index in [9.17, 15) is 26.4 Å². The molecule has 2 aromatic carbocycles. The fraction of sp³-hybridized carbons (Fsp3) is 0.188. The summed E-state index contributed by atoms with van der Waals surface area (Å²) >= 11 is 0. The lowest BCUT2D eigenvalue weighted by Crippen LogP contribution is -2.17. The van der Waals surface area contributed by atoms with Gasteiger partial charge in [0.1, 0.15) is 0 Å². The largest absolute Gasteiger partial charge is 0.465 e. The highest BCUT2D eigenvalue weighted by Crippen LogP contribution is 2.31. The Morgan fingerprint density at radius 2 is 1.76 bits per heavy atom. The average Bonchev–Trinajstić information content (AvgIpc) is 2.53. The number of methoxy groups -OCH3 is 1. The topological polar surface area (TPSA) is 72.5 Å². The number of esters is 1. The van der Waals surface area contributed by atoms with Crippen molar-refractivity contribution in [3.05, 3.63) is 59.2 Å². The Labute approximate surface area is 142 Å². The first kappa shape index (κ1) is 18.8. The Morgan fingerprint density at radius 3 is 2.36 bits per heavy atom. The molecule has 0 saturated carbocycles. The molecule has 0 aliphatic heterocycles. The molecule has 25 heavy (non-hydrogen) atoms. The van der Waals surface area contributed by atoms with Crippen LogP contribution in [0, 0.1) is 6.92 Å². The van der Waals surface area contributed by atoms with Crippen molar-refractivity contribution in [2.75, 3.05) is 11.8 Å². The van der Waals surface area contributed by atoms with Crippen LogP contribution < -0.4 is 4.72 Å². The minimum absolute atomic E-state index is 0.0504. The first-order chi connectivity index (χ1) is 11.6. The normalized spacial score (nSPS) is 11.9. The second-order valence-electron chi connectivity index (χ2n) is 5.10. The van der Waals surface area contributed by atoms with Gasteiger partial charge in [-0.1, -0.05) is 12.1 Å². The Bertz CT molecular complexity index is 908. The van der Waals surface area contributed by atoms with Gasteiger partial charge in [0, 0.05) is 5.69 Å². The van der Waals surface area contributed by atoms with E-state index in [0.29, 0.717) is 6.07 Å². The third kappa shape index (κ3) is 4.11. The van der Waals surface area contributed by atoms with E-state index in [4.69, 9.17) is 0 Å². The number of hydrogen-bond donors (Lipinski definition) is 1. The van der Waals surface area contributed by atoms with Crippen molar-refractivity contribution in [1.29, 1.82) is 0 Å². The van der Waals surface area contributed by atoms with Crippen LogP contribution in [0.15, 0.2) is 47.4 Å². The van der Waals surface area contributed by atoms with Gasteiger partial charge in [-0.05, 0) is 42.8 Å². The molecule has 0 radical (unpaired) electrons. The van der Waals surface area contributed by atoms with Crippen LogP contribution in [-0.2, 0) is 20.9 Å². The predicted octanol–water partition coefficient (Wildman–Crippen LogP) is 3.60. The molecule has 0 saturated heterocycles. The number of carbonyl (C=O) groups is 1. The smallest absolute Gasteiger partial charge is 0.416 e. The van der Waals surface area contributed by atoms with Gasteiger partial charge in [-0.3, -0.25) is 4.72 Å². The van der Waals surface area contributed by atoms with Gasteiger partial charge in [0.15, 0.2) is 0 Å². The van der Waals surface area contributed by atoms with Crippen LogP contribution in [0.2, 0.25) is 0 Å². The lowest BCUT2D eigenvalue weighted by atomic mass is 10.1. The maximum absolute atomic E-state index is 12.7. The molecular weight excluding hydrogens is 359 g/mol. The lowest BCUT2D eigenvalue weighted by Gasteiger charge is -2.14. The summed E-state index contributed by atoms with van der Waals surface area (Å²) in [5.74, 6) is -0.714. The first-order valence-corrected chi connectivity index (χ1v) is 8.42. The summed E-state index contributed by atoms with van der Waals surface area (Å²) in [7, 11) is -3.04. The van der Waals surface area contributed by atoms with Crippen molar-refractivity contribution >= 4 is 21.7 Å². The predicted molar refractivity (Wildman–Crippen MR) is 84.8 cm³/mol. The second-order valence-corrected chi connectivity index (χ2v) is 6.76. The Kier molecular flexibility index (Phi) is 5.07. The molecule has 0 aliphatic carbocycles. The number of alkyl halides is 3. The fourth-order valence-corrected chi connectivity index (χ4v) is 3.52. The fourth-order valence-electron chi connectivity index (χ4n) is 2.21. The number of nitrogens with one attached hydrogen (secondary N) is 1. The Balaban J connectivity index is 2.43. The van der Waals surface area contributed by atoms with E-state index in [0.717, 1.165) is 19.2 Å². The van der Waals surface area contributed by atoms with E-state index in [1.165, 1.54) is 31.2 Å².